The average molecular weight is 245 g/mol. The van der Waals surface area contributed by atoms with Crippen molar-refractivity contribution in [2.75, 3.05) is 6.61 Å². The Morgan fingerprint density at radius 3 is 2.89 bits per heavy atom. The quantitative estimate of drug-likeness (QED) is 0.709. The van der Waals surface area contributed by atoms with Crippen LogP contribution in [-0.2, 0) is 6.54 Å². The second kappa shape index (κ2) is 8.60. The van der Waals surface area contributed by atoms with Crippen molar-refractivity contribution < 1.29 is 4.74 Å². The molecule has 2 heteroatoms. The molecule has 0 spiro atoms. The molecule has 0 aromatic heterocycles. The second-order valence-corrected chi connectivity index (χ2v) is 4.39. The highest BCUT2D eigenvalue weighted by atomic mass is 16.5. The van der Waals surface area contributed by atoms with Crippen molar-refractivity contribution in [2.45, 2.75) is 45.7 Å². The van der Waals surface area contributed by atoms with Gasteiger partial charge in [-0.1, -0.05) is 26.0 Å². The molecule has 0 aliphatic rings. The van der Waals surface area contributed by atoms with E-state index in [4.69, 9.17) is 11.2 Å². The fourth-order valence-electron chi connectivity index (χ4n) is 1.73. The van der Waals surface area contributed by atoms with Crippen molar-refractivity contribution in [3.63, 3.8) is 0 Å². The number of benzene rings is 1. The molecule has 0 amide bonds. The van der Waals surface area contributed by atoms with Crippen LogP contribution in [0.3, 0.4) is 0 Å². The van der Waals surface area contributed by atoms with Crippen LogP contribution in [-0.4, -0.2) is 12.6 Å². The fraction of sp³-hybridized carbons (Fsp3) is 0.500. The smallest absolute Gasteiger partial charge is 0.119 e. The number of terminal acetylenes is 1. The van der Waals surface area contributed by atoms with Gasteiger partial charge in [-0.25, -0.2) is 0 Å². The third-order valence-corrected chi connectivity index (χ3v) is 2.82. The third-order valence-electron chi connectivity index (χ3n) is 2.82. The van der Waals surface area contributed by atoms with Gasteiger partial charge < -0.3 is 10.1 Å². The molecule has 1 atom stereocenters. The molecule has 1 N–H and O–H groups in total. The van der Waals surface area contributed by atoms with Gasteiger partial charge in [0.1, 0.15) is 5.75 Å². The number of rotatable bonds is 8. The van der Waals surface area contributed by atoms with Crippen molar-refractivity contribution in [3.05, 3.63) is 29.8 Å². The Morgan fingerprint density at radius 2 is 2.22 bits per heavy atom. The molecule has 1 unspecified atom stereocenters. The van der Waals surface area contributed by atoms with Crippen molar-refractivity contribution in [1.82, 2.24) is 5.32 Å². The summed E-state index contributed by atoms with van der Waals surface area (Å²) in [5, 5.41) is 3.47. The summed E-state index contributed by atoms with van der Waals surface area (Å²) in [6.45, 7) is 5.86. The molecule has 1 aromatic carbocycles. The lowest BCUT2D eigenvalue weighted by atomic mass is 10.1. The molecular weight excluding hydrogens is 222 g/mol. The van der Waals surface area contributed by atoms with E-state index >= 15 is 0 Å². The lowest BCUT2D eigenvalue weighted by Gasteiger charge is -2.14. The van der Waals surface area contributed by atoms with E-state index in [1.165, 1.54) is 5.56 Å². The number of hydrogen-bond donors (Lipinski definition) is 1. The monoisotopic (exact) mass is 245 g/mol. The van der Waals surface area contributed by atoms with Gasteiger partial charge in [0.25, 0.3) is 0 Å². The maximum absolute atomic E-state index is 5.62. The SMILES string of the molecule is C#CCC(CC)NCc1cccc(OCCC)c1. The van der Waals surface area contributed by atoms with E-state index in [2.05, 4.69) is 37.2 Å². The largest absolute Gasteiger partial charge is 0.494 e. The van der Waals surface area contributed by atoms with Crippen LogP contribution in [0.4, 0.5) is 0 Å². The minimum atomic E-state index is 0.398. The summed E-state index contributed by atoms with van der Waals surface area (Å²) in [5.41, 5.74) is 1.24. The standard InChI is InChI=1S/C16H23NO/c1-4-8-15(6-3)17-13-14-9-7-10-16(12-14)18-11-5-2/h1,7,9-10,12,15,17H,5-6,8,11,13H2,2-3H3. The highest BCUT2D eigenvalue weighted by Crippen LogP contribution is 2.13. The van der Waals surface area contributed by atoms with Gasteiger partial charge in [0.15, 0.2) is 0 Å². The van der Waals surface area contributed by atoms with Crippen molar-refractivity contribution in [2.24, 2.45) is 0 Å². The lowest BCUT2D eigenvalue weighted by Crippen LogP contribution is -2.27. The normalized spacial score (nSPS) is 11.8. The first-order valence-corrected chi connectivity index (χ1v) is 6.68. The van der Waals surface area contributed by atoms with E-state index in [0.717, 1.165) is 38.2 Å². The highest BCUT2D eigenvalue weighted by molar-refractivity contribution is 5.28. The van der Waals surface area contributed by atoms with Crippen LogP contribution in [0, 0.1) is 12.3 Å². The van der Waals surface area contributed by atoms with Crippen LogP contribution >= 0.6 is 0 Å². The minimum Gasteiger partial charge on any atom is -0.494 e. The Morgan fingerprint density at radius 1 is 1.39 bits per heavy atom. The number of ether oxygens (including phenoxy) is 1. The van der Waals surface area contributed by atoms with Crippen molar-refractivity contribution in [1.29, 1.82) is 0 Å². The van der Waals surface area contributed by atoms with Crippen LogP contribution in [0.5, 0.6) is 5.75 Å². The number of hydrogen-bond acceptors (Lipinski definition) is 2. The van der Waals surface area contributed by atoms with Gasteiger partial charge in [0.2, 0.25) is 0 Å². The Hall–Kier alpha value is -1.46. The summed E-state index contributed by atoms with van der Waals surface area (Å²) < 4.78 is 5.62. The molecule has 0 saturated heterocycles. The average Bonchev–Trinajstić information content (AvgIpc) is 2.41. The van der Waals surface area contributed by atoms with E-state index in [-0.39, 0.29) is 0 Å². The second-order valence-electron chi connectivity index (χ2n) is 4.39. The van der Waals surface area contributed by atoms with Crippen LogP contribution in [0.1, 0.15) is 38.7 Å². The van der Waals surface area contributed by atoms with Crippen LogP contribution in [0.15, 0.2) is 24.3 Å². The summed E-state index contributed by atoms with van der Waals surface area (Å²) in [5.74, 6) is 3.65. The van der Waals surface area contributed by atoms with Crippen LogP contribution in [0.2, 0.25) is 0 Å². The van der Waals surface area contributed by atoms with Crippen LogP contribution in [0.25, 0.3) is 0 Å². The summed E-state index contributed by atoms with van der Waals surface area (Å²) in [7, 11) is 0. The molecule has 0 heterocycles. The molecule has 0 bridgehead atoms. The summed E-state index contributed by atoms with van der Waals surface area (Å²) >= 11 is 0. The molecule has 0 fully saturated rings. The molecular formula is C16H23NO. The van der Waals surface area contributed by atoms with Gasteiger partial charge in [-0.15, -0.1) is 12.3 Å². The maximum Gasteiger partial charge on any atom is 0.119 e. The first-order chi connectivity index (χ1) is 8.80. The zero-order valence-corrected chi connectivity index (χ0v) is 11.4. The predicted molar refractivity (Wildman–Crippen MR) is 76.6 cm³/mol. The van der Waals surface area contributed by atoms with Gasteiger partial charge in [-0.2, -0.15) is 0 Å². The lowest BCUT2D eigenvalue weighted by molar-refractivity contribution is 0.317. The minimum absolute atomic E-state index is 0.398. The first kappa shape index (κ1) is 14.6. The van der Waals surface area contributed by atoms with Gasteiger partial charge in [-0.3, -0.25) is 0 Å². The third kappa shape index (κ3) is 5.25. The number of nitrogens with one attached hydrogen (secondary N) is 1. The van der Waals surface area contributed by atoms with E-state index in [1.807, 2.05) is 12.1 Å². The maximum atomic E-state index is 5.62. The molecule has 98 valence electrons. The molecule has 0 saturated carbocycles. The predicted octanol–water partition coefficient (Wildman–Crippen LogP) is 3.37. The van der Waals surface area contributed by atoms with Gasteiger partial charge >= 0.3 is 0 Å². The van der Waals surface area contributed by atoms with E-state index < -0.39 is 0 Å². The van der Waals surface area contributed by atoms with Crippen LogP contribution < -0.4 is 10.1 Å². The molecule has 2 nitrogen and oxygen atoms in total. The van der Waals surface area contributed by atoms with E-state index in [1.54, 1.807) is 0 Å². The molecule has 0 aliphatic heterocycles. The first-order valence-electron chi connectivity index (χ1n) is 6.68. The molecule has 1 aromatic rings. The molecule has 0 radical (unpaired) electrons. The topological polar surface area (TPSA) is 21.3 Å². The van der Waals surface area contributed by atoms with E-state index in [0.29, 0.717) is 6.04 Å². The summed E-state index contributed by atoms with van der Waals surface area (Å²) in [4.78, 5) is 0. The Labute approximate surface area is 111 Å². The van der Waals surface area contributed by atoms with Gasteiger partial charge in [0.05, 0.1) is 6.61 Å². The van der Waals surface area contributed by atoms with Gasteiger partial charge in [0, 0.05) is 19.0 Å². The summed E-state index contributed by atoms with van der Waals surface area (Å²) in [6, 6.07) is 8.62. The zero-order chi connectivity index (χ0) is 13.2. The summed E-state index contributed by atoms with van der Waals surface area (Å²) in [6.07, 6.45) is 8.21. The van der Waals surface area contributed by atoms with E-state index in [9.17, 15) is 0 Å². The van der Waals surface area contributed by atoms with Crippen molar-refractivity contribution >= 4 is 0 Å². The van der Waals surface area contributed by atoms with Crippen molar-refractivity contribution in [3.8, 4) is 18.1 Å². The molecule has 1 rings (SSSR count). The van der Waals surface area contributed by atoms with Gasteiger partial charge in [-0.05, 0) is 30.5 Å². The fourth-order valence-corrected chi connectivity index (χ4v) is 1.73. The zero-order valence-electron chi connectivity index (χ0n) is 11.4. The molecule has 0 aliphatic carbocycles. The molecule has 18 heavy (non-hydrogen) atoms. The Bertz CT molecular complexity index is 381. The Kier molecular flexibility index (Phi) is 6.98. The Balaban J connectivity index is 2.48. The highest BCUT2D eigenvalue weighted by Gasteiger charge is 2.04.